The van der Waals surface area contributed by atoms with Crippen LogP contribution in [0.1, 0.15) is 0 Å². The third-order valence-corrected chi connectivity index (χ3v) is 1.27. The van der Waals surface area contributed by atoms with Crippen molar-refractivity contribution in [3.05, 3.63) is 30.3 Å². The first-order valence-corrected chi connectivity index (χ1v) is 3.03. The van der Waals surface area contributed by atoms with Crippen LogP contribution < -0.4 is 4.90 Å². The Bertz CT molecular complexity index is 172. The summed E-state index contributed by atoms with van der Waals surface area (Å²) in [6.45, 7) is 0. The molecule has 1 nitrogen and oxygen atoms in total. The summed E-state index contributed by atoms with van der Waals surface area (Å²) in [7, 11) is 4.07. The van der Waals surface area contributed by atoms with Crippen molar-refractivity contribution >= 4 is 28.7 Å². The molecule has 10 heavy (non-hydrogen) atoms. The standard InChI is InChI=1S/C8H11N.Mg/c1-9(2)8-6-4-3-5-7-8;/h3-7H,1-2H3;. The minimum atomic E-state index is 0. The lowest BCUT2D eigenvalue weighted by molar-refractivity contribution is 1.13. The van der Waals surface area contributed by atoms with Crippen molar-refractivity contribution in [1.29, 1.82) is 0 Å². The van der Waals surface area contributed by atoms with Gasteiger partial charge in [-0.25, -0.2) is 0 Å². The molecule has 1 rings (SSSR count). The lowest BCUT2D eigenvalue weighted by Gasteiger charge is -2.10. The molecule has 0 amide bonds. The molecule has 0 aliphatic heterocycles. The molecule has 50 valence electrons. The molecule has 0 aliphatic rings. The Morgan fingerprint density at radius 2 is 1.50 bits per heavy atom. The van der Waals surface area contributed by atoms with E-state index in [0.717, 1.165) is 0 Å². The van der Waals surface area contributed by atoms with Gasteiger partial charge in [-0.15, -0.1) is 0 Å². The molecule has 2 radical (unpaired) electrons. The maximum Gasteiger partial charge on any atom is 0.0360 e. The van der Waals surface area contributed by atoms with Crippen LogP contribution in [0.5, 0.6) is 0 Å². The topological polar surface area (TPSA) is 3.24 Å². The average Bonchev–Trinajstić information content (AvgIpc) is 1.90. The van der Waals surface area contributed by atoms with E-state index in [0.29, 0.717) is 0 Å². The van der Waals surface area contributed by atoms with Gasteiger partial charge in [0.15, 0.2) is 0 Å². The van der Waals surface area contributed by atoms with E-state index in [-0.39, 0.29) is 23.1 Å². The number of para-hydroxylation sites is 1. The summed E-state index contributed by atoms with van der Waals surface area (Å²) in [5.74, 6) is 0. The van der Waals surface area contributed by atoms with Crippen molar-refractivity contribution in [2.24, 2.45) is 0 Å². The average molecular weight is 145 g/mol. The minimum Gasteiger partial charge on any atom is -0.378 e. The van der Waals surface area contributed by atoms with E-state index in [1.54, 1.807) is 0 Å². The quantitative estimate of drug-likeness (QED) is 0.540. The van der Waals surface area contributed by atoms with Gasteiger partial charge < -0.3 is 4.90 Å². The van der Waals surface area contributed by atoms with Crippen molar-refractivity contribution in [3.63, 3.8) is 0 Å². The molecule has 0 saturated carbocycles. The lowest BCUT2D eigenvalue weighted by atomic mass is 10.3. The Morgan fingerprint density at radius 3 is 1.80 bits per heavy atom. The van der Waals surface area contributed by atoms with Crippen molar-refractivity contribution in [2.75, 3.05) is 19.0 Å². The molecule has 0 bridgehead atoms. The van der Waals surface area contributed by atoms with E-state index in [1.165, 1.54) is 5.69 Å². The molecule has 0 heterocycles. The molecule has 0 aliphatic carbocycles. The highest BCUT2D eigenvalue weighted by Gasteiger charge is 1.87. The summed E-state index contributed by atoms with van der Waals surface area (Å²) in [6, 6.07) is 10.3. The minimum absolute atomic E-state index is 0. The molecule has 0 saturated heterocycles. The van der Waals surface area contributed by atoms with E-state index in [9.17, 15) is 0 Å². The molecule has 0 atom stereocenters. The third-order valence-electron chi connectivity index (χ3n) is 1.27. The van der Waals surface area contributed by atoms with Gasteiger partial charge in [0.25, 0.3) is 0 Å². The number of hydrogen-bond acceptors (Lipinski definition) is 1. The highest BCUT2D eigenvalue weighted by atomic mass is 24.3. The van der Waals surface area contributed by atoms with Crippen LogP contribution in [-0.4, -0.2) is 37.1 Å². The smallest absolute Gasteiger partial charge is 0.0360 e. The largest absolute Gasteiger partial charge is 0.378 e. The third kappa shape index (κ3) is 2.58. The first kappa shape index (κ1) is 9.79. The highest BCUT2D eigenvalue weighted by molar-refractivity contribution is 5.75. The molecular weight excluding hydrogens is 134 g/mol. The molecule has 0 aromatic heterocycles. The van der Waals surface area contributed by atoms with Gasteiger partial charge in [0.1, 0.15) is 0 Å². The van der Waals surface area contributed by atoms with E-state index in [1.807, 2.05) is 32.3 Å². The highest BCUT2D eigenvalue weighted by Crippen LogP contribution is 2.07. The van der Waals surface area contributed by atoms with E-state index >= 15 is 0 Å². The molecule has 0 fully saturated rings. The van der Waals surface area contributed by atoms with Gasteiger partial charge in [0, 0.05) is 42.8 Å². The predicted molar refractivity (Wildman–Crippen MR) is 46.5 cm³/mol. The van der Waals surface area contributed by atoms with Gasteiger partial charge in [0.05, 0.1) is 0 Å². The van der Waals surface area contributed by atoms with Gasteiger partial charge in [-0.2, -0.15) is 0 Å². The molecule has 0 unspecified atom stereocenters. The Balaban J connectivity index is 0.000000810. The lowest BCUT2D eigenvalue weighted by Crippen LogP contribution is -2.07. The van der Waals surface area contributed by atoms with Gasteiger partial charge in [-0.3, -0.25) is 0 Å². The predicted octanol–water partition coefficient (Wildman–Crippen LogP) is 1.37. The molecule has 1 aromatic carbocycles. The Morgan fingerprint density at radius 1 is 1.00 bits per heavy atom. The van der Waals surface area contributed by atoms with Gasteiger partial charge in [0.2, 0.25) is 0 Å². The zero-order valence-electron chi connectivity index (χ0n) is 6.54. The van der Waals surface area contributed by atoms with Gasteiger partial charge >= 0.3 is 0 Å². The Hall–Kier alpha value is -0.214. The number of rotatable bonds is 1. The second kappa shape index (κ2) is 4.58. The van der Waals surface area contributed by atoms with Crippen LogP contribution in [0.2, 0.25) is 0 Å². The number of hydrogen-bond donors (Lipinski definition) is 0. The molecule has 2 heteroatoms. The summed E-state index contributed by atoms with van der Waals surface area (Å²) in [6.07, 6.45) is 0. The SMILES string of the molecule is CN(C)c1ccccc1.[Mg]. The van der Waals surface area contributed by atoms with Gasteiger partial charge in [-0.05, 0) is 12.1 Å². The van der Waals surface area contributed by atoms with Crippen molar-refractivity contribution < 1.29 is 0 Å². The van der Waals surface area contributed by atoms with Crippen molar-refractivity contribution in [2.45, 2.75) is 0 Å². The summed E-state index contributed by atoms with van der Waals surface area (Å²) >= 11 is 0. The number of nitrogens with zero attached hydrogens (tertiary/aromatic N) is 1. The number of anilines is 1. The Kier molecular flexibility index (Phi) is 4.48. The van der Waals surface area contributed by atoms with Gasteiger partial charge in [-0.1, -0.05) is 18.2 Å². The van der Waals surface area contributed by atoms with Crippen LogP contribution in [0.4, 0.5) is 5.69 Å². The monoisotopic (exact) mass is 145 g/mol. The van der Waals surface area contributed by atoms with Crippen LogP contribution in [0.25, 0.3) is 0 Å². The summed E-state index contributed by atoms with van der Waals surface area (Å²) in [5.41, 5.74) is 1.25. The van der Waals surface area contributed by atoms with Crippen LogP contribution in [0.15, 0.2) is 30.3 Å². The maximum atomic E-state index is 2.08. The fourth-order valence-electron chi connectivity index (χ4n) is 0.726. The molecule has 0 N–H and O–H groups in total. The second-order valence-electron chi connectivity index (χ2n) is 2.23. The number of benzene rings is 1. The first-order valence-electron chi connectivity index (χ1n) is 3.03. The van der Waals surface area contributed by atoms with E-state index < -0.39 is 0 Å². The molecule has 0 spiro atoms. The zero-order chi connectivity index (χ0) is 6.69. The van der Waals surface area contributed by atoms with E-state index in [4.69, 9.17) is 0 Å². The first-order chi connectivity index (χ1) is 4.30. The maximum absolute atomic E-state index is 2.08. The summed E-state index contributed by atoms with van der Waals surface area (Å²) < 4.78 is 0. The fourth-order valence-corrected chi connectivity index (χ4v) is 0.726. The van der Waals surface area contributed by atoms with Crippen LogP contribution in [-0.2, 0) is 0 Å². The van der Waals surface area contributed by atoms with Crippen molar-refractivity contribution in [1.82, 2.24) is 0 Å². The summed E-state index contributed by atoms with van der Waals surface area (Å²) in [4.78, 5) is 2.08. The second-order valence-corrected chi connectivity index (χ2v) is 2.23. The van der Waals surface area contributed by atoms with Crippen LogP contribution in [0, 0.1) is 0 Å². The zero-order valence-corrected chi connectivity index (χ0v) is 7.96. The molecule has 1 aromatic rings. The fraction of sp³-hybridized carbons (Fsp3) is 0.250. The molecular formula is C8H11MgN. The van der Waals surface area contributed by atoms with Crippen molar-refractivity contribution in [3.8, 4) is 0 Å². The van der Waals surface area contributed by atoms with E-state index in [2.05, 4.69) is 17.0 Å². The Labute approximate surface area is 78.2 Å². The van der Waals surface area contributed by atoms with Crippen LogP contribution >= 0.6 is 0 Å². The van der Waals surface area contributed by atoms with Crippen LogP contribution in [0.3, 0.4) is 0 Å². The normalized spacial score (nSPS) is 8.20. The summed E-state index contributed by atoms with van der Waals surface area (Å²) in [5, 5.41) is 0.